The fourth-order valence-electron chi connectivity index (χ4n) is 1.31. The summed E-state index contributed by atoms with van der Waals surface area (Å²) in [5.74, 6) is 0.239. The Morgan fingerprint density at radius 2 is 2.13 bits per heavy atom. The molecule has 0 unspecified atom stereocenters. The van der Waals surface area contributed by atoms with Crippen LogP contribution in [-0.2, 0) is 16.4 Å². The molecule has 0 aliphatic heterocycles. The maximum Gasteiger partial charge on any atom is 0.147 e. The minimum Gasteiger partial charge on any atom is -0.396 e. The van der Waals surface area contributed by atoms with Crippen molar-refractivity contribution in [2.24, 2.45) is 0 Å². The maximum atomic E-state index is 10.9. The standard InChI is InChI=1S/C9H17N3O2S/c1-8-9(10)7-11-12(8)5-3-4-6-15(2,13)14/h7H,3-6,10H2,1-2H3. The number of nitrogens with zero attached hydrogens (tertiary/aromatic N) is 2. The van der Waals surface area contributed by atoms with Gasteiger partial charge in [0.1, 0.15) is 9.84 Å². The van der Waals surface area contributed by atoms with Gasteiger partial charge in [-0.2, -0.15) is 5.10 Å². The second-order valence-electron chi connectivity index (χ2n) is 3.75. The summed E-state index contributed by atoms with van der Waals surface area (Å²) >= 11 is 0. The Morgan fingerprint density at radius 3 is 2.60 bits per heavy atom. The lowest BCUT2D eigenvalue weighted by atomic mass is 10.3. The van der Waals surface area contributed by atoms with Crippen molar-refractivity contribution in [2.75, 3.05) is 17.7 Å². The van der Waals surface area contributed by atoms with E-state index in [2.05, 4.69) is 5.10 Å². The van der Waals surface area contributed by atoms with Gasteiger partial charge >= 0.3 is 0 Å². The molecule has 0 amide bonds. The molecule has 6 heteroatoms. The van der Waals surface area contributed by atoms with Gasteiger partial charge in [0.2, 0.25) is 0 Å². The Bertz CT molecular complexity index is 423. The van der Waals surface area contributed by atoms with E-state index in [1.807, 2.05) is 6.92 Å². The molecule has 0 atom stereocenters. The van der Waals surface area contributed by atoms with E-state index in [1.165, 1.54) is 6.26 Å². The molecule has 0 spiro atoms. The first-order chi connectivity index (χ1) is 6.90. The van der Waals surface area contributed by atoms with Crippen LogP contribution in [0.2, 0.25) is 0 Å². The van der Waals surface area contributed by atoms with Crippen LogP contribution in [0.4, 0.5) is 5.69 Å². The van der Waals surface area contributed by atoms with Gasteiger partial charge in [-0.25, -0.2) is 8.42 Å². The summed E-state index contributed by atoms with van der Waals surface area (Å²) in [4.78, 5) is 0. The van der Waals surface area contributed by atoms with Crippen LogP contribution in [0.1, 0.15) is 18.5 Å². The van der Waals surface area contributed by atoms with Crippen LogP contribution in [0, 0.1) is 6.92 Å². The molecule has 1 rings (SSSR count). The van der Waals surface area contributed by atoms with Gasteiger partial charge in [0.15, 0.2) is 0 Å². The Labute approximate surface area is 90.2 Å². The van der Waals surface area contributed by atoms with Crippen molar-refractivity contribution in [3.05, 3.63) is 11.9 Å². The zero-order valence-electron chi connectivity index (χ0n) is 9.10. The van der Waals surface area contributed by atoms with Gasteiger partial charge in [0, 0.05) is 18.6 Å². The van der Waals surface area contributed by atoms with Crippen molar-refractivity contribution in [3.63, 3.8) is 0 Å². The number of hydrogen-bond acceptors (Lipinski definition) is 4. The molecule has 86 valence electrons. The van der Waals surface area contributed by atoms with Crippen LogP contribution in [0.15, 0.2) is 6.20 Å². The molecule has 1 heterocycles. The Morgan fingerprint density at radius 1 is 1.47 bits per heavy atom. The minimum absolute atomic E-state index is 0.239. The number of aromatic nitrogens is 2. The highest BCUT2D eigenvalue weighted by molar-refractivity contribution is 7.90. The predicted octanol–water partition coefficient (Wildman–Crippen LogP) is 0.599. The van der Waals surface area contributed by atoms with E-state index in [4.69, 9.17) is 5.73 Å². The van der Waals surface area contributed by atoms with E-state index in [0.717, 1.165) is 18.7 Å². The number of anilines is 1. The maximum absolute atomic E-state index is 10.9. The third-order valence-corrected chi connectivity index (χ3v) is 3.31. The molecular weight excluding hydrogens is 214 g/mol. The first-order valence-electron chi connectivity index (χ1n) is 4.86. The number of hydrogen-bond donors (Lipinski definition) is 1. The molecular formula is C9H17N3O2S. The largest absolute Gasteiger partial charge is 0.396 e. The van der Waals surface area contributed by atoms with E-state index in [1.54, 1.807) is 10.9 Å². The van der Waals surface area contributed by atoms with Crippen LogP contribution in [0.25, 0.3) is 0 Å². The Balaban J connectivity index is 2.36. The summed E-state index contributed by atoms with van der Waals surface area (Å²) in [5.41, 5.74) is 7.25. The summed E-state index contributed by atoms with van der Waals surface area (Å²) in [6.45, 7) is 2.62. The number of rotatable bonds is 5. The molecule has 1 aromatic heterocycles. The Kier molecular flexibility index (Phi) is 3.73. The van der Waals surface area contributed by atoms with Gasteiger partial charge in [0.05, 0.1) is 17.6 Å². The van der Waals surface area contributed by atoms with Crippen molar-refractivity contribution in [2.45, 2.75) is 26.3 Å². The molecule has 0 bridgehead atoms. The van der Waals surface area contributed by atoms with Gasteiger partial charge in [-0.3, -0.25) is 4.68 Å². The van der Waals surface area contributed by atoms with Crippen LogP contribution in [0.3, 0.4) is 0 Å². The second kappa shape index (κ2) is 4.65. The lowest BCUT2D eigenvalue weighted by Crippen LogP contribution is -2.07. The number of nitrogen functional groups attached to an aromatic ring is 1. The molecule has 2 N–H and O–H groups in total. The number of nitrogens with two attached hydrogens (primary N) is 1. The monoisotopic (exact) mass is 231 g/mol. The van der Waals surface area contributed by atoms with Crippen LogP contribution in [-0.4, -0.2) is 30.2 Å². The molecule has 0 saturated heterocycles. The number of unbranched alkanes of at least 4 members (excludes halogenated alkanes) is 1. The molecule has 15 heavy (non-hydrogen) atoms. The van der Waals surface area contributed by atoms with Gasteiger partial charge in [-0.05, 0) is 19.8 Å². The van der Waals surface area contributed by atoms with E-state index in [9.17, 15) is 8.42 Å². The molecule has 5 nitrogen and oxygen atoms in total. The molecule has 0 aliphatic rings. The van der Waals surface area contributed by atoms with E-state index in [-0.39, 0.29) is 5.75 Å². The quantitative estimate of drug-likeness (QED) is 0.753. The summed E-state index contributed by atoms with van der Waals surface area (Å²) in [6, 6.07) is 0. The van der Waals surface area contributed by atoms with Crippen molar-refractivity contribution < 1.29 is 8.42 Å². The fourth-order valence-corrected chi connectivity index (χ4v) is 2.04. The van der Waals surface area contributed by atoms with Gasteiger partial charge in [-0.15, -0.1) is 0 Å². The van der Waals surface area contributed by atoms with E-state index in [0.29, 0.717) is 12.1 Å². The lowest BCUT2D eigenvalue weighted by Gasteiger charge is -2.03. The van der Waals surface area contributed by atoms with Gasteiger partial charge in [0.25, 0.3) is 0 Å². The first-order valence-corrected chi connectivity index (χ1v) is 6.92. The predicted molar refractivity (Wildman–Crippen MR) is 60.3 cm³/mol. The highest BCUT2D eigenvalue weighted by atomic mass is 32.2. The highest BCUT2D eigenvalue weighted by Crippen LogP contribution is 2.09. The summed E-state index contributed by atoms with van der Waals surface area (Å²) < 4.78 is 23.5. The van der Waals surface area contributed by atoms with Crippen molar-refractivity contribution in [3.8, 4) is 0 Å². The molecule has 0 saturated carbocycles. The molecule has 0 radical (unpaired) electrons. The van der Waals surface area contributed by atoms with Crippen LogP contribution < -0.4 is 5.73 Å². The molecule has 0 aliphatic carbocycles. The smallest absolute Gasteiger partial charge is 0.147 e. The van der Waals surface area contributed by atoms with Crippen LogP contribution >= 0.6 is 0 Å². The number of sulfone groups is 1. The first kappa shape index (κ1) is 12.0. The van der Waals surface area contributed by atoms with E-state index < -0.39 is 9.84 Å². The third-order valence-electron chi connectivity index (χ3n) is 2.28. The summed E-state index contributed by atoms with van der Waals surface area (Å²) in [7, 11) is -2.84. The van der Waals surface area contributed by atoms with E-state index >= 15 is 0 Å². The summed E-state index contributed by atoms with van der Waals surface area (Å²) in [5, 5.41) is 4.09. The van der Waals surface area contributed by atoms with Gasteiger partial charge in [-0.1, -0.05) is 0 Å². The third kappa shape index (κ3) is 3.91. The zero-order chi connectivity index (χ0) is 11.5. The lowest BCUT2D eigenvalue weighted by molar-refractivity contribution is 0.552. The molecule has 1 aromatic rings. The van der Waals surface area contributed by atoms with Crippen molar-refractivity contribution in [1.82, 2.24) is 9.78 Å². The van der Waals surface area contributed by atoms with Crippen molar-refractivity contribution >= 4 is 15.5 Å². The van der Waals surface area contributed by atoms with Crippen LogP contribution in [0.5, 0.6) is 0 Å². The topological polar surface area (TPSA) is 78.0 Å². The summed E-state index contributed by atoms with van der Waals surface area (Å²) in [6.07, 6.45) is 4.34. The normalized spacial score (nSPS) is 11.9. The van der Waals surface area contributed by atoms with Crippen molar-refractivity contribution in [1.29, 1.82) is 0 Å². The zero-order valence-corrected chi connectivity index (χ0v) is 9.92. The molecule has 0 aromatic carbocycles. The average Bonchev–Trinajstić information content (AvgIpc) is 2.42. The Hall–Kier alpha value is -1.04. The second-order valence-corrected chi connectivity index (χ2v) is 6.01. The highest BCUT2D eigenvalue weighted by Gasteiger charge is 2.04. The van der Waals surface area contributed by atoms with Gasteiger partial charge < -0.3 is 5.73 Å². The molecule has 0 fully saturated rings. The fraction of sp³-hybridized carbons (Fsp3) is 0.667. The minimum atomic E-state index is -2.84. The number of aryl methyl sites for hydroxylation is 1. The average molecular weight is 231 g/mol. The SMILES string of the molecule is Cc1c(N)cnn1CCCCS(C)(=O)=O.